The summed E-state index contributed by atoms with van der Waals surface area (Å²) in [7, 11) is 0. The van der Waals surface area contributed by atoms with Crippen molar-refractivity contribution >= 4 is 23.5 Å². The molecule has 0 fully saturated rings. The second kappa shape index (κ2) is 6.43. The summed E-state index contributed by atoms with van der Waals surface area (Å²) >= 11 is 5.87. The Labute approximate surface area is 116 Å². The number of carbonyl (C=O) groups is 2. The Balaban J connectivity index is 2.87. The number of phenols is 1. The highest BCUT2D eigenvalue weighted by molar-refractivity contribution is 6.33. The van der Waals surface area contributed by atoms with Gasteiger partial charge in [-0.2, -0.15) is 0 Å². The van der Waals surface area contributed by atoms with Crippen molar-refractivity contribution in [3.63, 3.8) is 0 Å². The van der Waals surface area contributed by atoms with Crippen LogP contribution in [0.4, 0.5) is 0 Å². The fourth-order valence-corrected chi connectivity index (χ4v) is 1.78. The van der Waals surface area contributed by atoms with Gasteiger partial charge in [0.1, 0.15) is 5.75 Å². The molecular formula is C13H16ClNO4. The zero-order valence-corrected chi connectivity index (χ0v) is 11.4. The van der Waals surface area contributed by atoms with Gasteiger partial charge in [0, 0.05) is 6.04 Å². The van der Waals surface area contributed by atoms with Gasteiger partial charge in [0.05, 0.1) is 17.0 Å². The lowest BCUT2D eigenvalue weighted by molar-refractivity contribution is -0.137. The van der Waals surface area contributed by atoms with Crippen LogP contribution >= 0.6 is 11.6 Å². The molecule has 0 aliphatic carbocycles. The van der Waals surface area contributed by atoms with Crippen LogP contribution < -0.4 is 5.32 Å². The molecule has 1 aromatic carbocycles. The Hall–Kier alpha value is -1.75. The molecule has 19 heavy (non-hydrogen) atoms. The number of hydrogen-bond donors (Lipinski definition) is 3. The van der Waals surface area contributed by atoms with Crippen LogP contribution in [0.2, 0.25) is 5.02 Å². The van der Waals surface area contributed by atoms with Crippen LogP contribution in [0, 0.1) is 5.92 Å². The van der Waals surface area contributed by atoms with Crippen LogP contribution in [0.1, 0.15) is 30.6 Å². The quantitative estimate of drug-likeness (QED) is 0.774. The summed E-state index contributed by atoms with van der Waals surface area (Å²) in [5.41, 5.74) is 0.123. The van der Waals surface area contributed by atoms with Crippen molar-refractivity contribution in [2.75, 3.05) is 0 Å². The molecule has 0 spiro atoms. The first-order valence-corrected chi connectivity index (χ1v) is 6.20. The van der Waals surface area contributed by atoms with Gasteiger partial charge in [0.25, 0.3) is 5.91 Å². The van der Waals surface area contributed by atoms with Gasteiger partial charge in [-0.05, 0) is 24.1 Å². The number of halogens is 1. The molecule has 1 atom stereocenters. The van der Waals surface area contributed by atoms with Gasteiger partial charge in [-0.3, -0.25) is 9.59 Å². The third kappa shape index (κ3) is 4.44. The molecule has 104 valence electrons. The van der Waals surface area contributed by atoms with Crippen LogP contribution in [0.15, 0.2) is 18.2 Å². The number of benzene rings is 1. The van der Waals surface area contributed by atoms with Crippen LogP contribution in [0.3, 0.4) is 0 Å². The molecule has 1 amide bonds. The summed E-state index contributed by atoms with van der Waals surface area (Å²) in [5, 5.41) is 21.0. The van der Waals surface area contributed by atoms with E-state index in [1.807, 2.05) is 13.8 Å². The zero-order valence-electron chi connectivity index (χ0n) is 10.7. The first-order chi connectivity index (χ1) is 8.81. The number of carbonyl (C=O) groups excluding carboxylic acids is 1. The average molecular weight is 286 g/mol. The molecule has 3 N–H and O–H groups in total. The second-order valence-corrected chi connectivity index (χ2v) is 4.99. The zero-order chi connectivity index (χ0) is 14.6. The largest absolute Gasteiger partial charge is 0.508 e. The van der Waals surface area contributed by atoms with Crippen molar-refractivity contribution < 1.29 is 19.8 Å². The van der Waals surface area contributed by atoms with Gasteiger partial charge in [-0.1, -0.05) is 25.4 Å². The summed E-state index contributed by atoms with van der Waals surface area (Å²) in [5.74, 6) is -1.59. The lowest BCUT2D eigenvalue weighted by atomic mass is 10.0. The second-order valence-electron chi connectivity index (χ2n) is 4.59. The van der Waals surface area contributed by atoms with E-state index in [0.29, 0.717) is 0 Å². The molecule has 5 nitrogen and oxygen atoms in total. The van der Waals surface area contributed by atoms with Crippen LogP contribution in [0.25, 0.3) is 0 Å². The predicted molar refractivity (Wildman–Crippen MR) is 71.5 cm³/mol. The van der Waals surface area contributed by atoms with Crippen LogP contribution in [0.5, 0.6) is 5.75 Å². The van der Waals surface area contributed by atoms with Crippen LogP contribution in [-0.4, -0.2) is 28.1 Å². The SMILES string of the molecule is CC(C)C(CC(=O)O)NC(=O)c1cc(O)ccc1Cl. The monoisotopic (exact) mass is 285 g/mol. The van der Waals surface area contributed by atoms with E-state index in [9.17, 15) is 14.7 Å². The summed E-state index contributed by atoms with van der Waals surface area (Å²) in [6, 6.07) is 3.53. The van der Waals surface area contributed by atoms with Crippen molar-refractivity contribution in [2.45, 2.75) is 26.3 Å². The fraction of sp³-hybridized carbons (Fsp3) is 0.385. The third-order valence-electron chi connectivity index (χ3n) is 2.71. The Morgan fingerprint density at radius 2 is 2.00 bits per heavy atom. The molecule has 0 bridgehead atoms. The standard InChI is InChI=1S/C13H16ClNO4/c1-7(2)11(6-12(17)18)15-13(19)9-5-8(16)3-4-10(9)14/h3-5,7,11,16H,6H2,1-2H3,(H,15,19)(H,17,18). The number of nitrogens with one attached hydrogen (secondary N) is 1. The number of carboxylic acid groups (broad SMARTS) is 1. The van der Waals surface area contributed by atoms with Crippen LogP contribution in [-0.2, 0) is 4.79 Å². The first-order valence-electron chi connectivity index (χ1n) is 5.82. The molecule has 0 radical (unpaired) electrons. The van der Waals surface area contributed by atoms with Crippen molar-refractivity contribution in [3.8, 4) is 5.75 Å². The number of carboxylic acids is 1. The molecule has 1 aromatic rings. The maximum atomic E-state index is 12.0. The van der Waals surface area contributed by atoms with Crippen molar-refractivity contribution in [1.82, 2.24) is 5.32 Å². The van der Waals surface area contributed by atoms with Gasteiger partial charge in [-0.15, -0.1) is 0 Å². The highest BCUT2D eigenvalue weighted by Gasteiger charge is 2.21. The molecular weight excluding hydrogens is 270 g/mol. The highest BCUT2D eigenvalue weighted by Crippen LogP contribution is 2.21. The number of phenolic OH excluding ortho intramolecular Hbond substituents is 1. The number of aromatic hydroxyl groups is 1. The number of hydrogen-bond acceptors (Lipinski definition) is 3. The van der Waals surface area contributed by atoms with E-state index in [2.05, 4.69) is 5.32 Å². The van der Waals surface area contributed by atoms with Crippen molar-refractivity contribution in [3.05, 3.63) is 28.8 Å². The van der Waals surface area contributed by atoms with E-state index in [4.69, 9.17) is 16.7 Å². The Morgan fingerprint density at radius 1 is 1.37 bits per heavy atom. The lowest BCUT2D eigenvalue weighted by Crippen LogP contribution is -2.40. The minimum atomic E-state index is -0.985. The summed E-state index contributed by atoms with van der Waals surface area (Å²) in [4.78, 5) is 22.8. The molecule has 6 heteroatoms. The van der Waals surface area contributed by atoms with E-state index in [1.54, 1.807) is 0 Å². The molecule has 0 saturated carbocycles. The van der Waals surface area contributed by atoms with Crippen molar-refractivity contribution in [1.29, 1.82) is 0 Å². The van der Waals surface area contributed by atoms with Gasteiger partial charge in [0.15, 0.2) is 0 Å². The molecule has 0 aromatic heterocycles. The Kier molecular flexibility index (Phi) is 5.18. The number of aliphatic carboxylic acids is 1. The Bertz CT molecular complexity index is 488. The third-order valence-corrected chi connectivity index (χ3v) is 3.04. The van der Waals surface area contributed by atoms with Crippen molar-refractivity contribution in [2.24, 2.45) is 5.92 Å². The maximum Gasteiger partial charge on any atom is 0.305 e. The Morgan fingerprint density at radius 3 is 2.53 bits per heavy atom. The first kappa shape index (κ1) is 15.3. The smallest absolute Gasteiger partial charge is 0.305 e. The summed E-state index contributed by atoms with van der Waals surface area (Å²) in [6.07, 6.45) is -0.167. The van der Waals surface area contributed by atoms with Gasteiger partial charge in [-0.25, -0.2) is 0 Å². The minimum Gasteiger partial charge on any atom is -0.508 e. The summed E-state index contributed by atoms with van der Waals surface area (Å²) in [6.45, 7) is 3.63. The lowest BCUT2D eigenvalue weighted by Gasteiger charge is -2.21. The predicted octanol–water partition coefficient (Wildman–Crippen LogP) is 2.27. The molecule has 0 heterocycles. The summed E-state index contributed by atoms with van der Waals surface area (Å²) < 4.78 is 0. The van der Waals surface area contributed by atoms with Gasteiger partial charge in [0.2, 0.25) is 0 Å². The number of amides is 1. The molecule has 0 aliphatic rings. The molecule has 1 unspecified atom stereocenters. The highest BCUT2D eigenvalue weighted by atomic mass is 35.5. The normalized spacial score (nSPS) is 12.2. The fourth-order valence-electron chi connectivity index (χ4n) is 1.57. The molecule has 1 rings (SSSR count). The van der Waals surface area contributed by atoms with E-state index in [1.165, 1.54) is 18.2 Å². The average Bonchev–Trinajstić information content (AvgIpc) is 2.30. The van der Waals surface area contributed by atoms with E-state index < -0.39 is 17.9 Å². The minimum absolute atomic E-state index is 0.0314. The maximum absolute atomic E-state index is 12.0. The molecule has 0 saturated heterocycles. The van der Waals surface area contributed by atoms with Gasteiger partial charge >= 0.3 is 5.97 Å². The topological polar surface area (TPSA) is 86.6 Å². The van der Waals surface area contributed by atoms with E-state index in [-0.39, 0.29) is 28.7 Å². The van der Waals surface area contributed by atoms with E-state index >= 15 is 0 Å². The number of rotatable bonds is 5. The van der Waals surface area contributed by atoms with E-state index in [0.717, 1.165) is 0 Å². The van der Waals surface area contributed by atoms with Gasteiger partial charge < -0.3 is 15.5 Å². The molecule has 0 aliphatic heterocycles.